The molecule has 0 spiro atoms. The molecule has 0 fully saturated rings. The van der Waals surface area contributed by atoms with Gasteiger partial charge in [-0.1, -0.05) is 6.92 Å². The van der Waals surface area contributed by atoms with Gasteiger partial charge in [-0.3, -0.25) is 10.1 Å². The molecule has 1 aromatic heterocycles. The molecule has 0 unspecified atom stereocenters. The Bertz CT molecular complexity index is 616. The van der Waals surface area contributed by atoms with E-state index in [1.54, 1.807) is 12.1 Å². The molecular formula is C13H15BrN4O3. The number of rotatable bonds is 6. The summed E-state index contributed by atoms with van der Waals surface area (Å²) in [7, 11) is 1.53. The Balaban J connectivity index is 2.24. The molecular weight excluding hydrogens is 340 g/mol. The van der Waals surface area contributed by atoms with Crippen LogP contribution in [0.15, 0.2) is 22.9 Å². The third-order valence-electron chi connectivity index (χ3n) is 2.59. The first kappa shape index (κ1) is 15.3. The zero-order valence-electron chi connectivity index (χ0n) is 11.6. The summed E-state index contributed by atoms with van der Waals surface area (Å²) in [6.45, 7) is 2.58. The lowest BCUT2D eigenvalue weighted by Gasteiger charge is -2.13. The Morgan fingerprint density at radius 3 is 2.90 bits per heavy atom. The van der Waals surface area contributed by atoms with Crippen molar-refractivity contribution < 1.29 is 14.3 Å². The summed E-state index contributed by atoms with van der Waals surface area (Å²) in [5.41, 5.74) is 0.416. The highest BCUT2D eigenvalue weighted by molar-refractivity contribution is 9.10. The van der Waals surface area contributed by atoms with Gasteiger partial charge < -0.3 is 9.47 Å². The first-order chi connectivity index (χ1) is 10.2. The molecule has 112 valence electrons. The second-order valence-electron chi connectivity index (χ2n) is 4.13. The van der Waals surface area contributed by atoms with Crippen LogP contribution in [0.4, 0.5) is 5.95 Å². The summed E-state index contributed by atoms with van der Waals surface area (Å²) in [6, 6.07) is 3.28. The van der Waals surface area contributed by atoms with Gasteiger partial charge in [0.15, 0.2) is 11.5 Å². The van der Waals surface area contributed by atoms with Gasteiger partial charge in [-0.25, -0.2) is 5.10 Å². The summed E-state index contributed by atoms with van der Waals surface area (Å²) < 4.78 is 11.5. The largest absolute Gasteiger partial charge is 0.493 e. The van der Waals surface area contributed by atoms with E-state index in [2.05, 4.69) is 36.4 Å². The highest BCUT2D eigenvalue weighted by Crippen LogP contribution is 2.36. The van der Waals surface area contributed by atoms with E-state index in [0.29, 0.717) is 28.1 Å². The lowest BCUT2D eigenvalue weighted by molar-refractivity contribution is 0.102. The number of amides is 1. The minimum absolute atomic E-state index is 0.279. The monoisotopic (exact) mass is 354 g/mol. The van der Waals surface area contributed by atoms with Crippen LogP contribution in [0.3, 0.4) is 0 Å². The average molecular weight is 355 g/mol. The van der Waals surface area contributed by atoms with Crippen molar-refractivity contribution >= 4 is 27.8 Å². The maximum Gasteiger partial charge on any atom is 0.258 e. The molecule has 0 radical (unpaired) electrons. The number of hydrogen-bond donors (Lipinski definition) is 2. The van der Waals surface area contributed by atoms with Crippen LogP contribution in [0.2, 0.25) is 0 Å². The van der Waals surface area contributed by atoms with Gasteiger partial charge in [0, 0.05) is 5.56 Å². The van der Waals surface area contributed by atoms with E-state index in [4.69, 9.17) is 9.47 Å². The molecule has 21 heavy (non-hydrogen) atoms. The predicted octanol–water partition coefficient (Wildman–Crippen LogP) is 2.62. The number of ether oxygens (including phenoxy) is 2. The minimum Gasteiger partial charge on any atom is -0.493 e. The van der Waals surface area contributed by atoms with E-state index in [-0.39, 0.29) is 11.9 Å². The molecule has 2 rings (SSSR count). The Labute approximate surface area is 130 Å². The number of aromatic nitrogens is 3. The number of anilines is 1. The quantitative estimate of drug-likeness (QED) is 0.832. The number of hydrogen-bond acceptors (Lipinski definition) is 5. The summed E-state index contributed by atoms with van der Waals surface area (Å²) in [4.78, 5) is 16.0. The van der Waals surface area contributed by atoms with Crippen molar-refractivity contribution in [1.29, 1.82) is 0 Å². The Hall–Kier alpha value is -2.09. The molecule has 0 aliphatic heterocycles. The smallest absolute Gasteiger partial charge is 0.258 e. The molecule has 1 aromatic carbocycles. The number of benzene rings is 1. The fraction of sp³-hybridized carbons (Fsp3) is 0.308. The maximum absolute atomic E-state index is 12.1. The first-order valence-corrected chi connectivity index (χ1v) is 7.12. The van der Waals surface area contributed by atoms with Crippen LogP contribution in [-0.4, -0.2) is 34.8 Å². The van der Waals surface area contributed by atoms with Crippen LogP contribution in [0, 0.1) is 0 Å². The molecule has 0 saturated carbocycles. The number of methoxy groups -OCH3 is 1. The van der Waals surface area contributed by atoms with Crippen molar-refractivity contribution in [2.75, 3.05) is 19.0 Å². The van der Waals surface area contributed by atoms with Crippen LogP contribution >= 0.6 is 15.9 Å². The standard InChI is InChI=1S/C13H15BrN4O3/c1-3-4-21-11-9(14)5-8(6-10(11)20-2)12(19)17-13-15-7-16-18-13/h5-7H,3-4H2,1-2H3,(H2,15,16,17,18,19). The molecule has 0 aliphatic rings. The van der Waals surface area contributed by atoms with Gasteiger partial charge in [0.25, 0.3) is 5.91 Å². The molecule has 2 N–H and O–H groups in total. The van der Waals surface area contributed by atoms with Crippen LogP contribution in [0.5, 0.6) is 11.5 Å². The molecule has 8 heteroatoms. The molecule has 7 nitrogen and oxygen atoms in total. The van der Waals surface area contributed by atoms with Crippen molar-refractivity contribution in [2.24, 2.45) is 0 Å². The van der Waals surface area contributed by atoms with Crippen molar-refractivity contribution in [1.82, 2.24) is 15.2 Å². The van der Waals surface area contributed by atoms with E-state index in [0.717, 1.165) is 6.42 Å². The van der Waals surface area contributed by atoms with Crippen molar-refractivity contribution in [3.05, 3.63) is 28.5 Å². The van der Waals surface area contributed by atoms with E-state index in [9.17, 15) is 4.79 Å². The van der Waals surface area contributed by atoms with Gasteiger partial charge in [-0.05, 0) is 34.5 Å². The molecule has 1 amide bonds. The highest BCUT2D eigenvalue weighted by atomic mass is 79.9. The lowest BCUT2D eigenvalue weighted by Crippen LogP contribution is -2.13. The maximum atomic E-state index is 12.1. The van der Waals surface area contributed by atoms with Gasteiger partial charge >= 0.3 is 0 Å². The summed E-state index contributed by atoms with van der Waals surface area (Å²) in [5, 5.41) is 8.82. The summed E-state index contributed by atoms with van der Waals surface area (Å²) in [5.74, 6) is 1.02. The SMILES string of the molecule is CCCOc1c(Br)cc(C(=O)Nc2ncn[nH]2)cc1OC. The van der Waals surface area contributed by atoms with Gasteiger partial charge in [0.2, 0.25) is 5.95 Å². The average Bonchev–Trinajstić information content (AvgIpc) is 2.98. The number of carbonyl (C=O) groups excluding carboxylic acids is 1. The van der Waals surface area contributed by atoms with Gasteiger partial charge in [0.05, 0.1) is 18.2 Å². The number of halogens is 1. The minimum atomic E-state index is -0.326. The fourth-order valence-corrected chi connectivity index (χ4v) is 2.20. The number of H-pyrrole nitrogens is 1. The van der Waals surface area contributed by atoms with Crippen LogP contribution in [0.25, 0.3) is 0 Å². The van der Waals surface area contributed by atoms with Crippen LogP contribution in [-0.2, 0) is 0 Å². The van der Waals surface area contributed by atoms with Gasteiger partial charge in [-0.15, -0.1) is 0 Å². The summed E-state index contributed by atoms with van der Waals surface area (Å²) >= 11 is 3.39. The Kier molecular flexibility index (Phi) is 5.15. The van der Waals surface area contributed by atoms with E-state index >= 15 is 0 Å². The molecule has 2 aromatic rings. The number of aromatic amines is 1. The van der Waals surface area contributed by atoms with Crippen LogP contribution in [0.1, 0.15) is 23.7 Å². The van der Waals surface area contributed by atoms with Crippen LogP contribution < -0.4 is 14.8 Å². The third-order valence-corrected chi connectivity index (χ3v) is 3.18. The second kappa shape index (κ2) is 7.07. The number of nitrogens with one attached hydrogen (secondary N) is 2. The number of carbonyl (C=O) groups is 1. The zero-order valence-corrected chi connectivity index (χ0v) is 13.2. The summed E-state index contributed by atoms with van der Waals surface area (Å²) in [6.07, 6.45) is 2.19. The third kappa shape index (κ3) is 3.72. The molecule has 0 atom stereocenters. The zero-order chi connectivity index (χ0) is 15.2. The van der Waals surface area contributed by atoms with E-state index < -0.39 is 0 Å². The molecule has 0 bridgehead atoms. The molecule has 1 heterocycles. The topological polar surface area (TPSA) is 89.1 Å². The number of nitrogens with zero attached hydrogens (tertiary/aromatic N) is 2. The van der Waals surface area contributed by atoms with Gasteiger partial charge in [-0.2, -0.15) is 10.1 Å². The Morgan fingerprint density at radius 2 is 2.29 bits per heavy atom. The van der Waals surface area contributed by atoms with E-state index in [1.807, 2.05) is 6.92 Å². The molecule has 0 aliphatic carbocycles. The van der Waals surface area contributed by atoms with Crippen molar-refractivity contribution in [3.8, 4) is 11.5 Å². The Morgan fingerprint density at radius 1 is 1.48 bits per heavy atom. The highest BCUT2D eigenvalue weighted by Gasteiger charge is 2.16. The van der Waals surface area contributed by atoms with Crippen molar-refractivity contribution in [3.63, 3.8) is 0 Å². The van der Waals surface area contributed by atoms with Crippen molar-refractivity contribution in [2.45, 2.75) is 13.3 Å². The fourth-order valence-electron chi connectivity index (χ4n) is 1.64. The lowest BCUT2D eigenvalue weighted by atomic mass is 10.2. The van der Waals surface area contributed by atoms with E-state index in [1.165, 1.54) is 13.4 Å². The first-order valence-electron chi connectivity index (χ1n) is 6.32. The predicted molar refractivity (Wildman–Crippen MR) is 80.8 cm³/mol. The second-order valence-corrected chi connectivity index (χ2v) is 4.98. The van der Waals surface area contributed by atoms with Gasteiger partial charge in [0.1, 0.15) is 6.33 Å². The normalized spacial score (nSPS) is 10.2. The molecule has 0 saturated heterocycles.